The Labute approximate surface area is 87.4 Å². The third-order valence-electron chi connectivity index (χ3n) is 0.872. The number of rotatable bonds is 0. The van der Waals surface area contributed by atoms with E-state index in [1.54, 1.807) is 0 Å². The van der Waals surface area contributed by atoms with E-state index in [2.05, 4.69) is 19.1 Å². The van der Waals surface area contributed by atoms with Gasteiger partial charge >= 0.3 is 0 Å². The predicted octanol–water partition coefficient (Wildman–Crippen LogP) is 2.54. The second-order valence-corrected chi connectivity index (χ2v) is 1.50. The summed E-state index contributed by atoms with van der Waals surface area (Å²) in [4.78, 5) is 0. The van der Waals surface area contributed by atoms with Gasteiger partial charge in [0.1, 0.15) is 0 Å². The van der Waals surface area contributed by atoms with Gasteiger partial charge in [-0.15, -0.1) is 38.2 Å². The van der Waals surface area contributed by atoms with E-state index in [0.29, 0.717) is 0 Å². The number of hydrogen-bond acceptors (Lipinski definition) is 0. The van der Waals surface area contributed by atoms with Crippen LogP contribution in [0.5, 0.6) is 0 Å². The Morgan fingerprint density at radius 1 is 1.44 bits per heavy atom. The first-order valence-electron chi connectivity index (χ1n) is 2.13. The van der Waals surface area contributed by atoms with Crippen molar-refractivity contribution >= 4 is 24.8 Å². The molecule has 0 heterocycles. The van der Waals surface area contributed by atoms with Crippen LogP contribution < -0.4 is 0 Å². The van der Waals surface area contributed by atoms with Gasteiger partial charge in [0.25, 0.3) is 0 Å². The summed E-state index contributed by atoms with van der Waals surface area (Å²) < 4.78 is 0. The van der Waals surface area contributed by atoms with E-state index in [4.69, 9.17) is 0 Å². The number of hydrogen-bond donors (Lipinski definition) is 0. The molecule has 0 aromatic rings. The van der Waals surface area contributed by atoms with Crippen LogP contribution in [-0.4, -0.2) is 0 Å². The van der Waals surface area contributed by atoms with Gasteiger partial charge in [-0.25, -0.2) is 11.6 Å². The quantitative estimate of drug-likeness (QED) is 0.473. The van der Waals surface area contributed by atoms with Crippen molar-refractivity contribution in [1.82, 2.24) is 0 Å². The standard InChI is InChI=1S/C6H7.2ClH.Hf/c1-6-4-2-3-5-6;;;/h4-5H,2H2,1H3;2*1H;/q-1;;;. The molecule has 52 valence electrons. The maximum atomic E-state index is 3.05. The molecular weight excluding hydrogens is 321 g/mol. The second kappa shape index (κ2) is 8.93. The number of halogens is 2. The van der Waals surface area contributed by atoms with Crippen LogP contribution in [-0.2, 0) is 25.8 Å². The van der Waals surface area contributed by atoms with Crippen LogP contribution in [0.1, 0.15) is 13.3 Å². The molecule has 0 saturated heterocycles. The van der Waals surface area contributed by atoms with E-state index in [1.165, 1.54) is 5.57 Å². The molecule has 0 aromatic heterocycles. The van der Waals surface area contributed by atoms with Gasteiger partial charge in [-0.05, 0) is 0 Å². The van der Waals surface area contributed by atoms with Crippen LogP contribution >= 0.6 is 24.8 Å². The summed E-state index contributed by atoms with van der Waals surface area (Å²) in [6.07, 6.45) is 8.24. The molecule has 0 spiro atoms. The monoisotopic (exact) mass is 331 g/mol. The molecule has 0 fully saturated rings. The summed E-state index contributed by atoms with van der Waals surface area (Å²) >= 11 is 0. The van der Waals surface area contributed by atoms with Crippen LogP contribution in [0.15, 0.2) is 17.7 Å². The van der Waals surface area contributed by atoms with Crippen molar-refractivity contribution in [1.29, 1.82) is 0 Å². The Kier molecular flexibility index (Phi) is 16.4. The Hall–Kier alpha value is 0.930. The van der Waals surface area contributed by atoms with Crippen LogP contribution in [0.4, 0.5) is 0 Å². The Morgan fingerprint density at radius 3 is 2.11 bits per heavy atom. The largest absolute Gasteiger partial charge is 0.273 e. The third kappa shape index (κ3) is 6.82. The first-order valence-corrected chi connectivity index (χ1v) is 2.13. The van der Waals surface area contributed by atoms with Gasteiger partial charge in [0.05, 0.1) is 0 Å². The van der Waals surface area contributed by atoms with E-state index in [1.807, 2.05) is 6.08 Å². The van der Waals surface area contributed by atoms with Crippen molar-refractivity contribution in [2.24, 2.45) is 0 Å². The minimum Gasteiger partial charge on any atom is -0.273 e. The Balaban J connectivity index is -0.000000120. The van der Waals surface area contributed by atoms with E-state index < -0.39 is 0 Å². The van der Waals surface area contributed by atoms with Gasteiger partial charge < -0.3 is 0 Å². The fourth-order valence-electron chi connectivity index (χ4n) is 0.499. The molecule has 0 amide bonds. The van der Waals surface area contributed by atoms with Crippen molar-refractivity contribution in [3.8, 4) is 0 Å². The number of allylic oxidation sites excluding steroid dienone is 4. The molecule has 0 radical (unpaired) electrons. The van der Waals surface area contributed by atoms with E-state index in [0.717, 1.165) is 6.42 Å². The van der Waals surface area contributed by atoms with Crippen molar-refractivity contribution < 1.29 is 25.8 Å². The molecule has 0 N–H and O–H groups in total. The van der Waals surface area contributed by atoms with Crippen molar-refractivity contribution in [2.75, 3.05) is 0 Å². The maximum Gasteiger partial charge on any atom is 0 e. The smallest absolute Gasteiger partial charge is 0 e. The molecule has 1 aliphatic carbocycles. The average Bonchev–Trinajstić information content (AvgIpc) is 1.86. The van der Waals surface area contributed by atoms with Crippen LogP contribution in [0.2, 0.25) is 0 Å². The molecule has 0 aromatic carbocycles. The first kappa shape index (κ1) is 16.5. The van der Waals surface area contributed by atoms with Crippen molar-refractivity contribution in [3.05, 3.63) is 23.8 Å². The normalized spacial score (nSPS) is 12.3. The van der Waals surface area contributed by atoms with E-state index >= 15 is 0 Å². The molecule has 1 aliphatic rings. The van der Waals surface area contributed by atoms with Crippen molar-refractivity contribution in [3.63, 3.8) is 0 Å². The summed E-state index contributed by atoms with van der Waals surface area (Å²) in [6.45, 7) is 2.08. The molecule has 0 atom stereocenters. The predicted molar refractivity (Wildman–Crippen MR) is 40.7 cm³/mol. The Morgan fingerprint density at radius 2 is 2.00 bits per heavy atom. The molecule has 0 nitrogen and oxygen atoms in total. The molecule has 0 saturated carbocycles. The first-order chi connectivity index (χ1) is 2.89. The average molecular weight is 331 g/mol. The minimum absolute atomic E-state index is 0. The fraction of sp³-hybridized carbons (Fsp3) is 0.333. The molecule has 0 aliphatic heterocycles. The van der Waals surface area contributed by atoms with Gasteiger partial charge in [-0.2, -0.15) is 6.08 Å². The topological polar surface area (TPSA) is 0 Å². The second-order valence-electron chi connectivity index (χ2n) is 1.50. The van der Waals surface area contributed by atoms with Crippen LogP contribution in [0, 0.1) is 6.08 Å². The molecular formula is C6H9Cl2Hf-. The van der Waals surface area contributed by atoms with Crippen LogP contribution in [0.25, 0.3) is 0 Å². The van der Waals surface area contributed by atoms with Gasteiger partial charge in [0, 0.05) is 25.8 Å². The fourth-order valence-corrected chi connectivity index (χ4v) is 0.499. The van der Waals surface area contributed by atoms with Gasteiger partial charge in [0.15, 0.2) is 0 Å². The van der Waals surface area contributed by atoms with Gasteiger partial charge in [-0.1, -0.05) is 0 Å². The zero-order valence-electron chi connectivity index (χ0n) is 5.18. The summed E-state index contributed by atoms with van der Waals surface area (Å²) in [7, 11) is 0. The SMILES string of the molecule is CC1=CC[C-]=C1.Cl.Cl.[Hf]. The molecule has 9 heavy (non-hydrogen) atoms. The van der Waals surface area contributed by atoms with E-state index in [9.17, 15) is 0 Å². The summed E-state index contributed by atoms with van der Waals surface area (Å²) in [5.41, 5.74) is 1.34. The molecule has 3 heteroatoms. The summed E-state index contributed by atoms with van der Waals surface area (Å²) in [5.74, 6) is 0. The minimum atomic E-state index is 0. The molecule has 1 rings (SSSR count). The maximum absolute atomic E-state index is 3.05. The Bertz CT molecular complexity index is 105. The summed E-state index contributed by atoms with van der Waals surface area (Å²) in [5, 5.41) is 0. The van der Waals surface area contributed by atoms with E-state index in [-0.39, 0.29) is 50.7 Å². The van der Waals surface area contributed by atoms with Gasteiger partial charge in [0.2, 0.25) is 0 Å². The molecule has 0 unspecified atom stereocenters. The summed E-state index contributed by atoms with van der Waals surface area (Å²) in [6, 6.07) is 0. The van der Waals surface area contributed by atoms with Crippen molar-refractivity contribution in [2.45, 2.75) is 13.3 Å². The van der Waals surface area contributed by atoms with Gasteiger partial charge in [-0.3, -0.25) is 6.08 Å². The third-order valence-corrected chi connectivity index (χ3v) is 0.872. The van der Waals surface area contributed by atoms with Crippen LogP contribution in [0.3, 0.4) is 0 Å². The molecule has 0 bridgehead atoms. The zero-order chi connectivity index (χ0) is 4.41. The zero-order valence-corrected chi connectivity index (χ0v) is 10.4.